The van der Waals surface area contributed by atoms with Crippen molar-refractivity contribution in [1.29, 1.82) is 0 Å². The molecule has 7 nitrogen and oxygen atoms in total. The largest absolute Gasteiger partial charge is 0.359 e. The zero-order chi connectivity index (χ0) is 17.8. The van der Waals surface area contributed by atoms with Crippen LogP contribution in [0.4, 0.5) is 0 Å². The molecule has 1 amide bonds. The first-order valence-corrected chi connectivity index (χ1v) is 8.35. The highest BCUT2D eigenvalue weighted by Crippen LogP contribution is 2.22. The van der Waals surface area contributed by atoms with Gasteiger partial charge in [-0.2, -0.15) is 0 Å². The van der Waals surface area contributed by atoms with Crippen LogP contribution in [0.5, 0.6) is 0 Å². The standard InChI is InChI=1S/C18H20N4O3/c1-3-11(4-2)15-9-12(25-22-15)10-19-18(24)16-20-14-8-6-5-7-13(14)17(23)21-16/h5-9,11H,3-4,10H2,1-2H3,(H,19,24)(H,20,21,23). The minimum Gasteiger partial charge on any atom is -0.359 e. The smallest absolute Gasteiger partial charge is 0.287 e. The second-order valence-electron chi connectivity index (χ2n) is 5.85. The van der Waals surface area contributed by atoms with Crippen molar-refractivity contribution >= 4 is 16.8 Å². The lowest BCUT2D eigenvalue weighted by atomic mass is 9.99. The number of fused-ring (bicyclic) bond motifs is 1. The molecule has 0 saturated heterocycles. The van der Waals surface area contributed by atoms with Gasteiger partial charge in [-0.25, -0.2) is 4.98 Å². The summed E-state index contributed by atoms with van der Waals surface area (Å²) in [5, 5.41) is 7.20. The third-order valence-electron chi connectivity index (χ3n) is 4.23. The van der Waals surface area contributed by atoms with Gasteiger partial charge in [0, 0.05) is 12.0 Å². The number of nitrogens with zero attached hydrogens (tertiary/aromatic N) is 2. The van der Waals surface area contributed by atoms with Crippen LogP contribution in [0.2, 0.25) is 0 Å². The first-order chi connectivity index (χ1) is 12.1. The predicted octanol–water partition coefficient (Wildman–Crippen LogP) is 2.74. The van der Waals surface area contributed by atoms with Gasteiger partial charge in [0.15, 0.2) is 11.6 Å². The molecule has 0 saturated carbocycles. The molecule has 0 bridgehead atoms. The number of aromatic nitrogens is 3. The van der Waals surface area contributed by atoms with Crippen molar-refractivity contribution in [2.24, 2.45) is 0 Å². The summed E-state index contributed by atoms with van der Waals surface area (Å²) in [4.78, 5) is 31.0. The maximum Gasteiger partial charge on any atom is 0.287 e. The molecule has 0 spiro atoms. The lowest BCUT2D eigenvalue weighted by Gasteiger charge is -2.06. The van der Waals surface area contributed by atoms with E-state index >= 15 is 0 Å². The lowest BCUT2D eigenvalue weighted by molar-refractivity contribution is 0.0936. The second kappa shape index (κ2) is 7.29. The monoisotopic (exact) mass is 340 g/mol. The number of benzene rings is 1. The highest BCUT2D eigenvalue weighted by molar-refractivity contribution is 5.92. The van der Waals surface area contributed by atoms with Crippen molar-refractivity contribution in [3.8, 4) is 0 Å². The molecule has 7 heteroatoms. The van der Waals surface area contributed by atoms with E-state index in [9.17, 15) is 9.59 Å². The molecule has 0 unspecified atom stereocenters. The molecule has 25 heavy (non-hydrogen) atoms. The van der Waals surface area contributed by atoms with Crippen LogP contribution in [0.25, 0.3) is 10.9 Å². The van der Waals surface area contributed by atoms with Gasteiger partial charge in [-0.05, 0) is 25.0 Å². The molecule has 2 aromatic heterocycles. The first-order valence-electron chi connectivity index (χ1n) is 8.35. The summed E-state index contributed by atoms with van der Waals surface area (Å²) in [6, 6.07) is 8.73. The summed E-state index contributed by atoms with van der Waals surface area (Å²) < 4.78 is 5.27. The maximum absolute atomic E-state index is 12.3. The molecule has 3 rings (SSSR count). The zero-order valence-electron chi connectivity index (χ0n) is 14.2. The number of H-pyrrole nitrogens is 1. The Labute approximate surface area is 144 Å². The van der Waals surface area contributed by atoms with E-state index in [0.717, 1.165) is 18.5 Å². The third kappa shape index (κ3) is 3.60. The molecular formula is C18H20N4O3. The summed E-state index contributed by atoms with van der Waals surface area (Å²) in [5.74, 6) is 0.428. The third-order valence-corrected chi connectivity index (χ3v) is 4.23. The predicted molar refractivity (Wildman–Crippen MR) is 93.4 cm³/mol. The molecule has 0 radical (unpaired) electrons. The number of hydrogen-bond donors (Lipinski definition) is 2. The van der Waals surface area contributed by atoms with Gasteiger partial charge in [-0.15, -0.1) is 0 Å². The molecule has 0 aliphatic rings. The topological polar surface area (TPSA) is 101 Å². The van der Waals surface area contributed by atoms with Gasteiger partial charge in [0.05, 0.1) is 23.1 Å². The lowest BCUT2D eigenvalue weighted by Crippen LogP contribution is -2.27. The van der Waals surface area contributed by atoms with Gasteiger partial charge in [0.1, 0.15) is 0 Å². The van der Waals surface area contributed by atoms with Crippen LogP contribution >= 0.6 is 0 Å². The van der Waals surface area contributed by atoms with Crippen molar-refractivity contribution in [1.82, 2.24) is 20.4 Å². The minimum absolute atomic E-state index is 0.0246. The minimum atomic E-state index is -0.469. The van der Waals surface area contributed by atoms with E-state index in [1.54, 1.807) is 24.3 Å². The quantitative estimate of drug-likeness (QED) is 0.718. The number of rotatable bonds is 6. The highest BCUT2D eigenvalue weighted by atomic mass is 16.5. The summed E-state index contributed by atoms with van der Waals surface area (Å²) in [7, 11) is 0. The van der Waals surface area contributed by atoms with E-state index in [-0.39, 0.29) is 17.9 Å². The summed E-state index contributed by atoms with van der Waals surface area (Å²) in [6.45, 7) is 4.39. The number of hydrogen-bond acceptors (Lipinski definition) is 5. The molecule has 3 aromatic rings. The van der Waals surface area contributed by atoms with Crippen molar-refractivity contribution in [2.75, 3.05) is 0 Å². The maximum atomic E-state index is 12.3. The Kier molecular flexibility index (Phi) is 4.92. The van der Waals surface area contributed by atoms with Gasteiger partial charge < -0.3 is 14.8 Å². The van der Waals surface area contributed by atoms with Crippen LogP contribution in [0, 0.1) is 0 Å². The Balaban J connectivity index is 1.72. The van der Waals surface area contributed by atoms with E-state index in [0.29, 0.717) is 22.6 Å². The average molecular weight is 340 g/mol. The van der Waals surface area contributed by atoms with Gasteiger partial charge in [-0.3, -0.25) is 9.59 Å². The Morgan fingerprint density at radius 1 is 1.28 bits per heavy atom. The van der Waals surface area contributed by atoms with Crippen LogP contribution in [-0.4, -0.2) is 21.0 Å². The van der Waals surface area contributed by atoms with Gasteiger partial charge in [0.2, 0.25) is 0 Å². The summed E-state index contributed by atoms with van der Waals surface area (Å²) in [5.41, 5.74) is 1.03. The number of carbonyl (C=O) groups excluding carboxylic acids is 1. The van der Waals surface area contributed by atoms with E-state index in [2.05, 4.69) is 34.3 Å². The first kappa shape index (κ1) is 16.9. The Morgan fingerprint density at radius 2 is 2.04 bits per heavy atom. The van der Waals surface area contributed by atoms with Crippen molar-refractivity contribution in [2.45, 2.75) is 39.2 Å². The van der Waals surface area contributed by atoms with Crippen LogP contribution < -0.4 is 10.9 Å². The Bertz CT molecular complexity index is 941. The summed E-state index contributed by atoms with van der Waals surface area (Å²) >= 11 is 0. The van der Waals surface area contributed by atoms with E-state index in [1.807, 2.05) is 6.07 Å². The second-order valence-corrected chi connectivity index (χ2v) is 5.85. The zero-order valence-corrected chi connectivity index (χ0v) is 14.2. The van der Waals surface area contributed by atoms with E-state index < -0.39 is 5.91 Å². The van der Waals surface area contributed by atoms with E-state index in [1.165, 1.54) is 0 Å². The SMILES string of the molecule is CCC(CC)c1cc(CNC(=O)c2nc3ccccc3c(=O)[nH]2)on1. The van der Waals surface area contributed by atoms with Gasteiger partial charge in [0.25, 0.3) is 11.5 Å². The molecule has 2 heterocycles. The molecule has 0 fully saturated rings. The van der Waals surface area contributed by atoms with Crippen LogP contribution in [-0.2, 0) is 6.54 Å². The fraction of sp³-hybridized carbons (Fsp3) is 0.333. The Hall–Kier alpha value is -2.96. The average Bonchev–Trinajstić information content (AvgIpc) is 3.09. The summed E-state index contributed by atoms with van der Waals surface area (Å²) in [6.07, 6.45) is 1.97. The molecule has 0 atom stereocenters. The van der Waals surface area contributed by atoms with Crippen LogP contribution in [0.15, 0.2) is 39.6 Å². The fourth-order valence-corrected chi connectivity index (χ4v) is 2.76. The van der Waals surface area contributed by atoms with Crippen molar-refractivity contribution in [3.05, 3.63) is 58.0 Å². The number of nitrogens with one attached hydrogen (secondary N) is 2. The number of amides is 1. The molecule has 0 aliphatic carbocycles. The normalized spacial score (nSPS) is 11.2. The molecule has 0 aliphatic heterocycles. The number of aromatic amines is 1. The number of para-hydroxylation sites is 1. The van der Waals surface area contributed by atoms with Crippen molar-refractivity contribution < 1.29 is 9.32 Å². The molecule has 130 valence electrons. The molecular weight excluding hydrogens is 320 g/mol. The highest BCUT2D eigenvalue weighted by Gasteiger charge is 2.15. The van der Waals surface area contributed by atoms with Gasteiger partial charge in [-0.1, -0.05) is 31.1 Å². The number of carbonyl (C=O) groups is 1. The Morgan fingerprint density at radius 3 is 2.80 bits per heavy atom. The fourth-order valence-electron chi connectivity index (χ4n) is 2.76. The van der Waals surface area contributed by atoms with E-state index in [4.69, 9.17) is 4.52 Å². The van der Waals surface area contributed by atoms with Crippen LogP contribution in [0.3, 0.4) is 0 Å². The van der Waals surface area contributed by atoms with Crippen LogP contribution in [0.1, 0.15) is 54.7 Å². The van der Waals surface area contributed by atoms with Crippen molar-refractivity contribution in [3.63, 3.8) is 0 Å². The van der Waals surface area contributed by atoms with Gasteiger partial charge >= 0.3 is 0 Å². The molecule has 2 N–H and O–H groups in total. The molecule has 1 aromatic carbocycles.